The number of hydrogen-bond acceptors (Lipinski definition) is 5. The van der Waals surface area contributed by atoms with Crippen molar-refractivity contribution < 1.29 is 22.8 Å². The lowest BCUT2D eigenvalue weighted by molar-refractivity contribution is -0.275. The topological polar surface area (TPSA) is 53.9 Å². The van der Waals surface area contributed by atoms with E-state index in [1.165, 1.54) is 22.7 Å². The molecular formula is C23H22Cl2F3N3O2S. The summed E-state index contributed by atoms with van der Waals surface area (Å²) in [5, 5.41) is 7.16. The van der Waals surface area contributed by atoms with Gasteiger partial charge < -0.3 is 10.2 Å². The number of nitrogens with zero attached hydrogens (tertiary/aromatic N) is 2. The molecule has 2 aliphatic heterocycles. The van der Waals surface area contributed by atoms with E-state index in [9.17, 15) is 18.0 Å². The molecule has 0 aromatic heterocycles. The maximum absolute atomic E-state index is 14.4. The molecule has 0 saturated heterocycles. The number of thioether (sulfide) groups is 1. The van der Waals surface area contributed by atoms with E-state index in [2.05, 4.69) is 10.5 Å². The molecule has 34 heavy (non-hydrogen) atoms. The van der Waals surface area contributed by atoms with Gasteiger partial charge in [0, 0.05) is 46.1 Å². The zero-order valence-corrected chi connectivity index (χ0v) is 20.7. The van der Waals surface area contributed by atoms with E-state index < -0.39 is 24.1 Å². The third-order valence-corrected chi connectivity index (χ3v) is 7.06. The molecule has 0 radical (unpaired) electrons. The van der Waals surface area contributed by atoms with E-state index in [0.29, 0.717) is 17.9 Å². The Balaban J connectivity index is 1.69. The number of rotatable bonds is 5. The Labute approximate surface area is 209 Å². The number of oxime groups is 1. The highest BCUT2D eigenvalue weighted by atomic mass is 35.5. The minimum absolute atomic E-state index is 0.0411. The van der Waals surface area contributed by atoms with Gasteiger partial charge in [-0.1, -0.05) is 34.4 Å². The Morgan fingerprint density at radius 2 is 1.97 bits per heavy atom. The Kier molecular flexibility index (Phi) is 7.11. The highest BCUT2D eigenvalue weighted by Gasteiger charge is 2.63. The largest absolute Gasteiger partial charge is 0.435 e. The minimum Gasteiger partial charge on any atom is -0.372 e. The van der Waals surface area contributed by atoms with Crippen molar-refractivity contribution in [2.75, 3.05) is 18.6 Å². The van der Waals surface area contributed by atoms with Crippen molar-refractivity contribution >= 4 is 46.7 Å². The highest BCUT2D eigenvalue weighted by molar-refractivity contribution is 7.98. The maximum atomic E-state index is 14.4. The molecule has 2 unspecified atom stereocenters. The van der Waals surface area contributed by atoms with Crippen LogP contribution in [0, 0.1) is 0 Å². The summed E-state index contributed by atoms with van der Waals surface area (Å²) in [6.07, 6.45) is -3.67. The summed E-state index contributed by atoms with van der Waals surface area (Å²) in [5.41, 5.74) is -0.599. The van der Waals surface area contributed by atoms with Crippen molar-refractivity contribution in [1.82, 2.24) is 10.2 Å². The third kappa shape index (κ3) is 4.63. The van der Waals surface area contributed by atoms with E-state index in [1.807, 2.05) is 19.2 Å². The van der Waals surface area contributed by atoms with Gasteiger partial charge in [0.15, 0.2) is 5.84 Å². The molecule has 11 heteroatoms. The number of hydrogen-bond donors (Lipinski definition) is 1. The predicted molar refractivity (Wildman–Crippen MR) is 128 cm³/mol. The van der Waals surface area contributed by atoms with Gasteiger partial charge in [0.05, 0.1) is 6.42 Å². The van der Waals surface area contributed by atoms with Crippen LogP contribution in [0.15, 0.2) is 41.6 Å². The normalized spacial score (nSPS) is 21.7. The lowest BCUT2D eigenvalue weighted by Gasteiger charge is -2.30. The number of amidine groups is 1. The minimum atomic E-state index is -4.84. The second-order valence-electron chi connectivity index (χ2n) is 8.22. The molecule has 182 valence electrons. The first-order valence-corrected chi connectivity index (χ1v) is 12.7. The van der Waals surface area contributed by atoms with Gasteiger partial charge in [-0.3, -0.25) is 9.69 Å². The average Bonchev–Trinajstić information content (AvgIpc) is 3.38. The lowest BCUT2D eigenvalue weighted by atomic mass is 9.89. The van der Waals surface area contributed by atoms with Gasteiger partial charge in [-0.25, -0.2) is 0 Å². The van der Waals surface area contributed by atoms with Crippen LogP contribution in [-0.4, -0.2) is 41.4 Å². The van der Waals surface area contributed by atoms with Crippen molar-refractivity contribution in [2.45, 2.75) is 37.7 Å². The fourth-order valence-corrected chi connectivity index (χ4v) is 5.06. The fraction of sp³-hybridized carbons (Fsp3) is 0.391. The van der Waals surface area contributed by atoms with Crippen LogP contribution in [0.3, 0.4) is 0 Å². The smallest absolute Gasteiger partial charge is 0.372 e. The van der Waals surface area contributed by atoms with Crippen molar-refractivity contribution in [3.8, 4) is 0 Å². The van der Waals surface area contributed by atoms with Crippen LogP contribution in [-0.2, 0) is 17.0 Å². The van der Waals surface area contributed by atoms with Crippen LogP contribution in [0.25, 0.3) is 0 Å². The van der Waals surface area contributed by atoms with Crippen molar-refractivity contribution in [1.29, 1.82) is 0 Å². The van der Waals surface area contributed by atoms with Gasteiger partial charge >= 0.3 is 6.18 Å². The fourth-order valence-electron chi connectivity index (χ4n) is 4.17. The van der Waals surface area contributed by atoms with Crippen LogP contribution in [0.4, 0.5) is 13.2 Å². The van der Waals surface area contributed by atoms with Crippen molar-refractivity contribution in [2.24, 2.45) is 5.16 Å². The maximum Gasteiger partial charge on any atom is 0.435 e. The van der Waals surface area contributed by atoms with Gasteiger partial charge in [0.25, 0.3) is 11.5 Å². The molecule has 0 spiro atoms. The first-order chi connectivity index (χ1) is 16.1. The SMILES string of the molecule is CSCCN(C(=O)c1ccc2c(c1)C(C)NC2)C1=NOC(c2cc(Cl)cc(Cl)c2)(C(F)(F)F)C1. The number of halogens is 5. The number of alkyl halides is 3. The Morgan fingerprint density at radius 1 is 1.26 bits per heavy atom. The van der Waals surface area contributed by atoms with Crippen LogP contribution < -0.4 is 5.32 Å². The van der Waals surface area contributed by atoms with Crippen LogP contribution in [0.2, 0.25) is 10.0 Å². The molecule has 1 N–H and O–H groups in total. The second kappa shape index (κ2) is 9.60. The number of carbonyl (C=O) groups excluding carboxylic acids is 1. The third-order valence-electron chi connectivity index (χ3n) is 6.03. The quantitative estimate of drug-likeness (QED) is 0.502. The molecule has 2 aromatic rings. The summed E-state index contributed by atoms with van der Waals surface area (Å²) in [4.78, 5) is 19.8. The number of amides is 1. The van der Waals surface area contributed by atoms with Gasteiger partial charge in [0.2, 0.25) is 0 Å². The highest BCUT2D eigenvalue weighted by Crippen LogP contribution is 2.49. The summed E-state index contributed by atoms with van der Waals surface area (Å²) in [5.74, 6) is -0.0186. The molecule has 4 rings (SSSR count). The molecule has 1 amide bonds. The molecule has 2 atom stereocenters. The summed E-state index contributed by atoms with van der Waals surface area (Å²) in [6, 6.07) is 9.08. The zero-order chi connectivity index (χ0) is 24.7. The summed E-state index contributed by atoms with van der Waals surface area (Å²) >= 11 is 13.4. The Morgan fingerprint density at radius 3 is 2.62 bits per heavy atom. The summed E-state index contributed by atoms with van der Waals surface area (Å²) < 4.78 is 43.1. The first-order valence-electron chi connectivity index (χ1n) is 10.5. The Hall–Kier alpha value is -1.94. The number of carbonyl (C=O) groups is 1. The molecule has 2 aliphatic rings. The van der Waals surface area contributed by atoms with Crippen LogP contribution in [0.1, 0.15) is 46.4 Å². The van der Waals surface area contributed by atoms with Crippen molar-refractivity contribution in [3.63, 3.8) is 0 Å². The molecule has 2 aromatic carbocycles. The van der Waals surface area contributed by atoms with E-state index >= 15 is 0 Å². The summed E-state index contributed by atoms with van der Waals surface area (Å²) in [6.45, 7) is 2.88. The molecule has 5 nitrogen and oxygen atoms in total. The molecule has 0 aliphatic carbocycles. The van der Waals surface area contributed by atoms with Gasteiger partial charge in [-0.2, -0.15) is 24.9 Å². The van der Waals surface area contributed by atoms with Gasteiger partial charge in [-0.15, -0.1) is 0 Å². The van der Waals surface area contributed by atoms with Crippen LogP contribution in [0.5, 0.6) is 0 Å². The average molecular weight is 532 g/mol. The van der Waals surface area contributed by atoms with E-state index in [0.717, 1.165) is 23.3 Å². The second-order valence-corrected chi connectivity index (χ2v) is 10.1. The van der Waals surface area contributed by atoms with E-state index in [1.54, 1.807) is 12.1 Å². The van der Waals surface area contributed by atoms with E-state index in [4.69, 9.17) is 28.0 Å². The van der Waals surface area contributed by atoms with Crippen LogP contribution >= 0.6 is 35.0 Å². The predicted octanol–water partition coefficient (Wildman–Crippen LogP) is 6.15. The van der Waals surface area contributed by atoms with Crippen molar-refractivity contribution in [3.05, 3.63) is 68.7 Å². The molecule has 0 saturated carbocycles. The first kappa shape index (κ1) is 25.2. The zero-order valence-electron chi connectivity index (χ0n) is 18.4. The van der Waals surface area contributed by atoms with Gasteiger partial charge in [-0.05, 0) is 54.6 Å². The number of benzene rings is 2. The lowest BCUT2D eigenvalue weighted by Crippen LogP contribution is -2.45. The van der Waals surface area contributed by atoms with E-state index in [-0.39, 0.29) is 34.0 Å². The Bertz CT molecular complexity index is 1120. The molecule has 2 heterocycles. The van der Waals surface area contributed by atoms with Gasteiger partial charge in [0.1, 0.15) is 0 Å². The molecule has 0 bridgehead atoms. The number of fused-ring (bicyclic) bond motifs is 1. The molecular weight excluding hydrogens is 510 g/mol. The monoisotopic (exact) mass is 531 g/mol. The molecule has 0 fully saturated rings. The standard InChI is InChI=1S/C23H22Cl2F3N3O2S/c1-13-19-7-14(3-4-15(19)12-29-13)21(32)31(5-6-34-2)20-11-22(33-30-20,23(26,27)28)16-8-17(24)10-18(25)9-16/h3-4,7-10,13,29H,5-6,11-12H2,1-2H3. The summed E-state index contributed by atoms with van der Waals surface area (Å²) in [7, 11) is 0. The number of nitrogens with one attached hydrogen (secondary N) is 1.